The topological polar surface area (TPSA) is 24.4 Å². The van der Waals surface area contributed by atoms with Crippen LogP contribution in [0.4, 0.5) is 0 Å². The van der Waals surface area contributed by atoms with Crippen molar-refractivity contribution in [2.45, 2.75) is 49.4 Å². The summed E-state index contributed by atoms with van der Waals surface area (Å²) >= 11 is 4.50. The number of nitrogens with one attached hydrogen (secondary N) is 1. The van der Waals surface area contributed by atoms with Gasteiger partial charge in [-0.1, -0.05) is 50.3 Å². The molecule has 0 saturated heterocycles. The monoisotopic (exact) mass is 390 g/mol. The van der Waals surface area contributed by atoms with Crippen molar-refractivity contribution in [1.82, 2.24) is 5.32 Å². The van der Waals surface area contributed by atoms with Crippen molar-refractivity contribution < 1.29 is 0 Å². The first-order chi connectivity index (χ1) is 8.84. The van der Waals surface area contributed by atoms with Crippen LogP contribution in [0.2, 0.25) is 0 Å². The fourth-order valence-corrected chi connectivity index (χ4v) is 4.57. The highest BCUT2D eigenvalue weighted by molar-refractivity contribution is 14.1. The summed E-state index contributed by atoms with van der Waals surface area (Å²) in [5.74, 6) is 1.08. The van der Waals surface area contributed by atoms with Crippen LogP contribution in [0.1, 0.15) is 50.3 Å². The van der Waals surface area contributed by atoms with E-state index in [9.17, 15) is 0 Å². The highest BCUT2D eigenvalue weighted by Gasteiger charge is 2.31. The maximum Gasteiger partial charge on any atom is 0.138 e. The zero-order valence-electron chi connectivity index (χ0n) is 12.2. The Hall–Kier alpha value is -0.100. The second kappa shape index (κ2) is 5.72. The van der Waals surface area contributed by atoms with Crippen LogP contribution in [-0.2, 0) is 5.41 Å². The molecule has 0 amide bonds. The third kappa shape index (κ3) is 3.72. The zero-order chi connectivity index (χ0) is 14.1. The summed E-state index contributed by atoms with van der Waals surface area (Å²) in [6, 6.07) is 4.50. The highest BCUT2D eigenvalue weighted by Crippen LogP contribution is 2.41. The van der Waals surface area contributed by atoms with Gasteiger partial charge in [-0.2, -0.15) is 0 Å². The van der Waals surface area contributed by atoms with E-state index in [1.165, 1.54) is 22.6 Å². The molecule has 1 aliphatic heterocycles. The predicted octanol–water partition coefficient (Wildman–Crippen LogP) is 4.37. The molecule has 19 heavy (non-hydrogen) atoms. The van der Waals surface area contributed by atoms with E-state index in [1.807, 2.05) is 11.3 Å². The van der Waals surface area contributed by atoms with Gasteiger partial charge < -0.3 is 5.32 Å². The maximum absolute atomic E-state index is 4.51. The Labute approximate surface area is 134 Å². The lowest BCUT2D eigenvalue weighted by molar-refractivity contribution is 0.421. The number of amidine groups is 1. The van der Waals surface area contributed by atoms with E-state index in [0.717, 1.165) is 18.9 Å². The number of alkyl halides is 1. The van der Waals surface area contributed by atoms with Crippen molar-refractivity contribution in [2.75, 3.05) is 13.1 Å². The lowest BCUT2D eigenvalue weighted by Gasteiger charge is -2.32. The van der Waals surface area contributed by atoms with Crippen LogP contribution < -0.4 is 5.32 Å². The molecule has 1 aromatic heterocycles. The molecule has 1 aromatic rings. The van der Waals surface area contributed by atoms with E-state index in [1.54, 1.807) is 0 Å². The molecule has 0 spiro atoms. The van der Waals surface area contributed by atoms with Crippen LogP contribution in [0.3, 0.4) is 0 Å². The lowest BCUT2D eigenvalue weighted by Crippen LogP contribution is -2.27. The molecule has 1 N–H and O–H groups in total. The van der Waals surface area contributed by atoms with E-state index < -0.39 is 0 Å². The third-order valence-corrected chi connectivity index (χ3v) is 6.33. The normalized spacial score (nSPS) is 18.9. The molecule has 0 aromatic carbocycles. The average molecular weight is 390 g/mol. The molecule has 0 saturated carbocycles. The van der Waals surface area contributed by atoms with Gasteiger partial charge in [-0.3, -0.25) is 4.99 Å². The first-order valence-corrected chi connectivity index (χ1v) is 8.81. The van der Waals surface area contributed by atoms with Crippen molar-refractivity contribution in [3.8, 4) is 0 Å². The Balaban J connectivity index is 2.17. The smallest absolute Gasteiger partial charge is 0.138 e. The maximum atomic E-state index is 4.51. The van der Waals surface area contributed by atoms with Crippen molar-refractivity contribution in [1.29, 1.82) is 0 Å². The number of hydrogen-bond donors (Lipinski definition) is 1. The Morgan fingerprint density at radius 2 is 2.11 bits per heavy atom. The molecular formula is C15H23IN2S. The zero-order valence-corrected chi connectivity index (χ0v) is 15.2. The van der Waals surface area contributed by atoms with Crippen LogP contribution in [0.25, 0.3) is 0 Å². The van der Waals surface area contributed by atoms with Gasteiger partial charge in [0.2, 0.25) is 0 Å². The Morgan fingerprint density at radius 3 is 2.68 bits per heavy atom. The molecule has 0 aliphatic carbocycles. The van der Waals surface area contributed by atoms with Crippen molar-refractivity contribution >= 4 is 39.8 Å². The summed E-state index contributed by atoms with van der Waals surface area (Å²) in [4.78, 5) is 7.26. The summed E-state index contributed by atoms with van der Waals surface area (Å²) < 4.78 is 0.370. The van der Waals surface area contributed by atoms with Gasteiger partial charge in [-0.05, 0) is 25.0 Å². The van der Waals surface area contributed by atoms with Gasteiger partial charge >= 0.3 is 0 Å². The van der Waals surface area contributed by atoms with Crippen molar-refractivity contribution in [3.63, 3.8) is 0 Å². The predicted molar refractivity (Wildman–Crippen MR) is 94.1 cm³/mol. The fraction of sp³-hybridized carbons (Fsp3) is 0.667. The van der Waals surface area contributed by atoms with E-state index >= 15 is 0 Å². The molecule has 0 fully saturated rings. The number of thiophene rings is 1. The molecule has 0 bridgehead atoms. The fourth-order valence-electron chi connectivity index (χ4n) is 2.53. The second-order valence-corrected chi connectivity index (χ2v) is 9.84. The first-order valence-electron chi connectivity index (χ1n) is 6.92. The van der Waals surface area contributed by atoms with E-state index in [2.05, 4.69) is 72.7 Å². The van der Waals surface area contributed by atoms with E-state index in [-0.39, 0.29) is 5.41 Å². The second-order valence-electron chi connectivity index (χ2n) is 6.15. The number of aliphatic imine (C=N–C) groups is 1. The average Bonchev–Trinajstić information content (AvgIpc) is 2.98. The largest absolute Gasteiger partial charge is 0.367 e. The van der Waals surface area contributed by atoms with Gasteiger partial charge in [0, 0.05) is 20.3 Å². The molecule has 4 heteroatoms. The highest BCUT2D eigenvalue weighted by atomic mass is 127. The standard InChI is InChI=1S/C15H23IN2S/c1-5-15(4,16)10-14(2,3)12-7-6-11(19-12)13-17-8-9-18-13/h6-7H,5,8-10H2,1-4H3,(H,17,18). The Morgan fingerprint density at radius 1 is 1.37 bits per heavy atom. The van der Waals surface area contributed by atoms with E-state index in [4.69, 9.17) is 0 Å². The molecule has 0 radical (unpaired) electrons. The Kier molecular flexibility index (Phi) is 4.60. The molecule has 2 rings (SSSR count). The molecule has 1 aliphatic rings. The lowest BCUT2D eigenvalue weighted by atomic mass is 9.81. The molecule has 2 nitrogen and oxygen atoms in total. The van der Waals surface area contributed by atoms with Gasteiger partial charge in [0.25, 0.3) is 0 Å². The van der Waals surface area contributed by atoms with E-state index in [0.29, 0.717) is 3.42 Å². The van der Waals surface area contributed by atoms with Crippen LogP contribution in [0.5, 0.6) is 0 Å². The number of hydrogen-bond acceptors (Lipinski definition) is 3. The van der Waals surface area contributed by atoms with Crippen LogP contribution in [0.15, 0.2) is 17.1 Å². The summed E-state index contributed by atoms with van der Waals surface area (Å²) in [5, 5.41) is 3.36. The van der Waals surface area contributed by atoms with Crippen molar-refractivity contribution in [3.05, 3.63) is 21.9 Å². The first kappa shape index (κ1) is 15.3. The third-order valence-electron chi connectivity index (χ3n) is 3.73. The number of rotatable bonds is 5. The SMILES string of the molecule is CCC(C)(I)CC(C)(C)c1ccc(C2=NCCN2)s1. The summed E-state index contributed by atoms with van der Waals surface area (Å²) in [6.45, 7) is 11.2. The summed E-state index contributed by atoms with van der Waals surface area (Å²) in [7, 11) is 0. The molecule has 1 atom stereocenters. The summed E-state index contributed by atoms with van der Waals surface area (Å²) in [6.07, 6.45) is 2.42. The minimum atomic E-state index is 0.230. The molecule has 1 unspecified atom stereocenters. The van der Waals surface area contributed by atoms with Gasteiger partial charge in [0.15, 0.2) is 0 Å². The molecule has 106 valence electrons. The quantitative estimate of drug-likeness (QED) is 0.586. The van der Waals surface area contributed by atoms with Gasteiger partial charge in [0.05, 0.1) is 11.4 Å². The van der Waals surface area contributed by atoms with Crippen LogP contribution in [0, 0.1) is 0 Å². The summed E-state index contributed by atoms with van der Waals surface area (Å²) in [5.41, 5.74) is 0.230. The van der Waals surface area contributed by atoms with Gasteiger partial charge in [0.1, 0.15) is 5.84 Å². The van der Waals surface area contributed by atoms with Gasteiger partial charge in [-0.25, -0.2) is 0 Å². The molecular weight excluding hydrogens is 367 g/mol. The van der Waals surface area contributed by atoms with Crippen molar-refractivity contribution in [2.24, 2.45) is 4.99 Å². The minimum absolute atomic E-state index is 0.230. The Bertz CT molecular complexity index is 474. The number of halogens is 1. The minimum Gasteiger partial charge on any atom is -0.367 e. The number of nitrogens with zero attached hydrogens (tertiary/aromatic N) is 1. The molecule has 2 heterocycles. The van der Waals surface area contributed by atoms with Gasteiger partial charge in [-0.15, -0.1) is 11.3 Å². The van der Waals surface area contributed by atoms with Crippen LogP contribution in [-0.4, -0.2) is 22.3 Å². The van der Waals surface area contributed by atoms with Crippen LogP contribution >= 0.6 is 33.9 Å².